The van der Waals surface area contributed by atoms with Crippen LogP contribution < -0.4 is 0 Å². The number of hydrogen-bond acceptors (Lipinski definition) is 15. The van der Waals surface area contributed by atoms with Gasteiger partial charge >= 0.3 is 39.5 Å². The highest BCUT2D eigenvalue weighted by Crippen LogP contribution is 2.45. The first kappa shape index (κ1) is 100. The van der Waals surface area contributed by atoms with Gasteiger partial charge in [-0.05, 0) is 43.4 Å². The summed E-state index contributed by atoms with van der Waals surface area (Å²) < 4.78 is 68.7. The van der Waals surface area contributed by atoms with E-state index < -0.39 is 97.5 Å². The second kappa shape index (κ2) is 73.2. The van der Waals surface area contributed by atoms with Crippen LogP contribution in [0.1, 0.15) is 434 Å². The Morgan fingerprint density at radius 3 is 0.745 bits per heavy atom. The number of esters is 4. The second-order valence-corrected chi connectivity index (χ2v) is 34.0. The van der Waals surface area contributed by atoms with Crippen molar-refractivity contribution in [1.82, 2.24) is 0 Å². The zero-order valence-corrected chi connectivity index (χ0v) is 68.9. The minimum atomic E-state index is -4.96. The van der Waals surface area contributed by atoms with Gasteiger partial charge in [0.25, 0.3) is 0 Å². The molecule has 0 aromatic carbocycles. The summed E-state index contributed by atoms with van der Waals surface area (Å²) >= 11 is 0. The predicted molar refractivity (Wildman–Crippen MR) is 418 cm³/mol. The molecule has 0 saturated heterocycles. The van der Waals surface area contributed by atoms with E-state index >= 15 is 0 Å². The number of phosphoric acid groups is 2. The SMILES string of the molecule is CCCCCCCCCCCCCCCCCCCCCCCC(=O)O[C@H](COC(=O)CCCCCCCCCCCCCCCCCCC(C)C)COP(=O)(O)OC[C@@H](O)COP(=O)(O)OC[C@@H](COC(=O)CCCCCCCCC(C)CC)OC(=O)CCCCCCCCCCCC(C)C. The highest BCUT2D eigenvalue weighted by atomic mass is 31.2. The van der Waals surface area contributed by atoms with E-state index in [1.54, 1.807) is 0 Å². The topological polar surface area (TPSA) is 237 Å². The molecular formula is C83H162O17P2. The Labute approximate surface area is 626 Å². The smallest absolute Gasteiger partial charge is 0.462 e. The Morgan fingerprint density at radius 2 is 0.500 bits per heavy atom. The lowest BCUT2D eigenvalue weighted by Crippen LogP contribution is -2.30. The van der Waals surface area contributed by atoms with Crippen LogP contribution in [0.15, 0.2) is 0 Å². The molecule has 0 aliphatic heterocycles. The van der Waals surface area contributed by atoms with E-state index in [0.29, 0.717) is 25.7 Å². The molecule has 606 valence electrons. The number of ether oxygens (including phenoxy) is 4. The van der Waals surface area contributed by atoms with Gasteiger partial charge in [0.05, 0.1) is 26.4 Å². The highest BCUT2D eigenvalue weighted by Gasteiger charge is 2.30. The molecule has 0 heterocycles. The van der Waals surface area contributed by atoms with Crippen LogP contribution >= 0.6 is 15.6 Å². The van der Waals surface area contributed by atoms with Gasteiger partial charge in [-0.2, -0.15) is 0 Å². The van der Waals surface area contributed by atoms with Crippen molar-refractivity contribution in [3.05, 3.63) is 0 Å². The van der Waals surface area contributed by atoms with Gasteiger partial charge in [-0.25, -0.2) is 9.13 Å². The number of hydrogen-bond donors (Lipinski definition) is 3. The van der Waals surface area contributed by atoms with Gasteiger partial charge in [-0.15, -0.1) is 0 Å². The second-order valence-electron chi connectivity index (χ2n) is 31.1. The molecule has 102 heavy (non-hydrogen) atoms. The molecule has 0 aliphatic carbocycles. The Bertz CT molecular complexity index is 1980. The van der Waals surface area contributed by atoms with Gasteiger partial charge in [-0.1, -0.05) is 382 Å². The molecule has 19 heteroatoms. The van der Waals surface area contributed by atoms with Crippen LogP contribution in [0.2, 0.25) is 0 Å². The molecule has 0 aromatic rings. The summed E-state index contributed by atoms with van der Waals surface area (Å²) in [6.07, 6.45) is 62.7. The zero-order valence-electron chi connectivity index (χ0n) is 67.1. The maximum absolute atomic E-state index is 13.1. The first-order chi connectivity index (χ1) is 49.3. The van der Waals surface area contributed by atoms with E-state index in [1.807, 2.05) is 0 Å². The summed E-state index contributed by atoms with van der Waals surface area (Å²) in [5.74, 6) is 0.168. The number of carbonyl (C=O) groups excluding carboxylic acids is 4. The Kier molecular flexibility index (Phi) is 71.8. The van der Waals surface area contributed by atoms with Crippen molar-refractivity contribution in [3.8, 4) is 0 Å². The van der Waals surface area contributed by atoms with Crippen molar-refractivity contribution < 1.29 is 80.2 Å². The first-order valence-electron chi connectivity index (χ1n) is 42.9. The lowest BCUT2D eigenvalue weighted by atomic mass is 10.00. The maximum atomic E-state index is 13.1. The molecule has 0 spiro atoms. The Morgan fingerprint density at radius 1 is 0.284 bits per heavy atom. The minimum absolute atomic E-state index is 0.104. The first-order valence-corrected chi connectivity index (χ1v) is 45.9. The van der Waals surface area contributed by atoms with Gasteiger partial charge in [0.15, 0.2) is 12.2 Å². The molecule has 0 aromatic heterocycles. The number of aliphatic hydroxyl groups is 1. The van der Waals surface area contributed by atoms with Crippen molar-refractivity contribution in [2.45, 2.75) is 452 Å². The molecule has 0 aliphatic rings. The van der Waals surface area contributed by atoms with Gasteiger partial charge in [0.2, 0.25) is 0 Å². The van der Waals surface area contributed by atoms with Crippen LogP contribution in [-0.2, 0) is 65.4 Å². The molecular weight excluding hydrogens is 1330 g/mol. The number of carbonyl (C=O) groups is 4. The van der Waals surface area contributed by atoms with Crippen LogP contribution in [0.3, 0.4) is 0 Å². The van der Waals surface area contributed by atoms with Gasteiger partial charge in [-0.3, -0.25) is 37.3 Å². The van der Waals surface area contributed by atoms with Gasteiger partial charge in [0.1, 0.15) is 19.3 Å². The Hall–Kier alpha value is -1.94. The quantitative estimate of drug-likeness (QED) is 0.0222. The summed E-state index contributed by atoms with van der Waals surface area (Å²) in [7, 11) is -9.92. The van der Waals surface area contributed by atoms with Crippen molar-refractivity contribution in [3.63, 3.8) is 0 Å². The summed E-state index contributed by atoms with van der Waals surface area (Å²) in [6, 6.07) is 0. The van der Waals surface area contributed by atoms with E-state index in [1.165, 1.54) is 238 Å². The number of aliphatic hydroxyl groups excluding tert-OH is 1. The van der Waals surface area contributed by atoms with Crippen molar-refractivity contribution in [2.24, 2.45) is 17.8 Å². The van der Waals surface area contributed by atoms with Gasteiger partial charge in [0, 0.05) is 25.7 Å². The van der Waals surface area contributed by atoms with Crippen LogP contribution in [0.25, 0.3) is 0 Å². The third-order valence-corrected chi connectivity index (χ3v) is 21.6. The normalized spacial score (nSPS) is 14.2. The summed E-state index contributed by atoms with van der Waals surface area (Å²) in [5, 5.41) is 10.6. The number of phosphoric ester groups is 2. The van der Waals surface area contributed by atoms with Crippen LogP contribution in [0.5, 0.6) is 0 Å². The monoisotopic (exact) mass is 1490 g/mol. The summed E-state index contributed by atoms with van der Waals surface area (Å²) in [4.78, 5) is 73.0. The van der Waals surface area contributed by atoms with E-state index in [4.69, 9.17) is 37.0 Å². The molecule has 0 amide bonds. The van der Waals surface area contributed by atoms with E-state index in [9.17, 15) is 43.2 Å². The molecule has 3 unspecified atom stereocenters. The van der Waals surface area contributed by atoms with Crippen molar-refractivity contribution in [2.75, 3.05) is 39.6 Å². The zero-order chi connectivity index (χ0) is 75.1. The van der Waals surface area contributed by atoms with E-state index in [-0.39, 0.29) is 25.7 Å². The van der Waals surface area contributed by atoms with Crippen LogP contribution in [0.4, 0.5) is 0 Å². The minimum Gasteiger partial charge on any atom is -0.462 e. The average Bonchev–Trinajstić information content (AvgIpc) is 0.904. The summed E-state index contributed by atoms with van der Waals surface area (Å²) in [5.41, 5.74) is 0. The molecule has 0 saturated carbocycles. The van der Waals surface area contributed by atoms with Crippen molar-refractivity contribution in [1.29, 1.82) is 0 Å². The molecule has 6 atom stereocenters. The van der Waals surface area contributed by atoms with Crippen LogP contribution in [-0.4, -0.2) is 96.7 Å². The summed E-state index contributed by atoms with van der Waals surface area (Å²) in [6.45, 7) is 11.9. The molecule has 0 fully saturated rings. The maximum Gasteiger partial charge on any atom is 0.472 e. The molecule has 0 bridgehead atoms. The third-order valence-electron chi connectivity index (χ3n) is 19.7. The largest absolute Gasteiger partial charge is 0.472 e. The lowest BCUT2D eigenvalue weighted by Gasteiger charge is -2.21. The highest BCUT2D eigenvalue weighted by molar-refractivity contribution is 7.47. The van der Waals surface area contributed by atoms with Gasteiger partial charge < -0.3 is 33.8 Å². The fourth-order valence-electron chi connectivity index (χ4n) is 12.8. The fourth-order valence-corrected chi connectivity index (χ4v) is 14.4. The molecule has 3 N–H and O–H groups in total. The standard InChI is InChI=1S/C83H162O17P2/c1-8-10-11-12-13-14-15-16-17-18-19-20-21-22-27-30-33-38-43-52-59-66-82(87)99-78(70-93-80(85)64-57-50-42-37-32-29-26-24-23-25-28-31-35-40-47-54-61-74(3)4)72-97-101(89,90)95-68-77(84)69-96-102(91,92)98-73-79(71-94-81(86)65-58-51-46-45-49-56-63-76(7)9-2)100-83(88)67-60-53-44-39-34-36-41-48-55-62-75(5)6/h74-79,84H,8-73H2,1-7H3,(H,89,90)(H,91,92)/t76?,77-,78-,79-/m1/s1. The average molecular weight is 1490 g/mol. The molecule has 0 rings (SSSR count). The van der Waals surface area contributed by atoms with E-state index in [2.05, 4.69) is 48.5 Å². The predicted octanol–water partition coefficient (Wildman–Crippen LogP) is 24.9. The van der Waals surface area contributed by atoms with Crippen molar-refractivity contribution >= 4 is 39.5 Å². The fraction of sp³-hybridized carbons (Fsp3) is 0.952. The van der Waals surface area contributed by atoms with E-state index in [0.717, 1.165) is 114 Å². The third kappa shape index (κ3) is 74.9. The number of unbranched alkanes of at least 4 members (excludes halogenated alkanes) is 48. The number of rotatable bonds is 81. The molecule has 17 nitrogen and oxygen atoms in total. The molecule has 0 radical (unpaired) electrons. The Balaban J connectivity index is 5.21. The lowest BCUT2D eigenvalue weighted by molar-refractivity contribution is -0.161. The van der Waals surface area contributed by atoms with Crippen LogP contribution in [0, 0.1) is 17.8 Å².